The molecule has 1 amide bonds. The maximum Gasteiger partial charge on any atom is 0.272 e. The van der Waals surface area contributed by atoms with Gasteiger partial charge in [0.05, 0.1) is 0 Å². The van der Waals surface area contributed by atoms with Crippen molar-refractivity contribution in [3.05, 3.63) is 47.8 Å². The predicted octanol–water partition coefficient (Wildman–Crippen LogP) is 2.96. The summed E-state index contributed by atoms with van der Waals surface area (Å²) in [5.41, 5.74) is 1.11. The van der Waals surface area contributed by atoms with Crippen LogP contribution in [0.5, 0.6) is 5.75 Å². The van der Waals surface area contributed by atoms with Gasteiger partial charge in [-0.15, -0.1) is 0 Å². The zero-order valence-corrected chi connectivity index (χ0v) is 13.7. The fourth-order valence-electron chi connectivity index (χ4n) is 3.14. The number of hydrogen-bond acceptors (Lipinski definition) is 3. The number of ether oxygens (including phenoxy) is 1. The van der Waals surface area contributed by atoms with E-state index in [1.165, 1.54) is 4.90 Å². The van der Waals surface area contributed by atoms with Crippen LogP contribution in [0.1, 0.15) is 29.0 Å². The third-order valence-corrected chi connectivity index (χ3v) is 4.66. The van der Waals surface area contributed by atoms with Crippen LogP contribution in [0.25, 0.3) is 0 Å². The molecule has 0 N–H and O–H groups in total. The van der Waals surface area contributed by atoms with E-state index in [4.69, 9.17) is 4.74 Å². The van der Waals surface area contributed by atoms with Gasteiger partial charge in [0.25, 0.3) is 11.8 Å². The second-order valence-electron chi connectivity index (χ2n) is 6.61. The highest BCUT2D eigenvalue weighted by atomic mass is 19.3. The van der Waals surface area contributed by atoms with Crippen LogP contribution in [0.2, 0.25) is 0 Å². The summed E-state index contributed by atoms with van der Waals surface area (Å²) in [7, 11) is 0. The van der Waals surface area contributed by atoms with E-state index in [-0.39, 0.29) is 25.5 Å². The first kappa shape index (κ1) is 16.1. The molecule has 4 rings (SSSR count). The van der Waals surface area contributed by atoms with Crippen LogP contribution < -0.4 is 4.74 Å². The van der Waals surface area contributed by atoms with Crippen molar-refractivity contribution in [2.24, 2.45) is 5.92 Å². The number of nitrogens with zero attached hydrogens (tertiary/aromatic N) is 3. The molecular formula is C18H19F2N3O2. The molecule has 1 aliphatic heterocycles. The first-order valence-corrected chi connectivity index (χ1v) is 8.44. The van der Waals surface area contributed by atoms with Gasteiger partial charge < -0.3 is 9.64 Å². The Labute approximate surface area is 144 Å². The number of para-hydroxylation sites is 1. The molecule has 1 saturated carbocycles. The van der Waals surface area contributed by atoms with E-state index in [2.05, 4.69) is 5.10 Å². The van der Waals surface area contributed by atoms with Gasteiger partial charge >= 0.3 is 0 Å². The molecule has 132 valence electrons. The maximum atomic E-state index is 13.2. The van der Waals surface area contributed by atoms with Gasteiger partial charge in [0, 0.05) is 32.0 Å². The number of aromatic nitrogens is 2. The van der Waals surface area contributed by atoms with E-state index >= 15 is 0 Å². The summed E-state index contributed by atoms with van der Waals surface area (Å²) in [6, 6.07) is 11.1. The van der Waals surface area contributed by atoms with Crippen LogP contribution in [-0.2, 0) is 13.2 Å². The van der Waals surface area contributed by atoms with Crippen molar-refractivity contribution in [1.82, 2.24) is 14.7 Å². The first-order valence-electron chi connectivity index (χ1n) is 8.44. The number of halogens is 2. The third-order valence-electron chi connectivity index (χ3n) is 4.66. The van der Waals surface area contributed by atoms with Crippen LogP contribution in [0, 0.1) is 5.92 Å². The van der Waals surface area contributed by atoms with Crippen LogP contribution >= 0.6 is 0 Å². The SMILES string of the molecule is O=C1c2cc(COc3ccccc3)nn2CCCN1CC1CC1(F)F. The van der Waals surface area contributed by atoms with E-state index in [1.807, 2.05) is 30.3 Å². The average Bonchev–Trinajstić information content (AvgIpc) is 3.05. The van der Waals surface area contributed by atoms with Gasteiger partial charge in [-0.25, -0.2) is 8.78 Å². The van der Waals surface area contributed by atoms with Gasteiger partial charge in [-0.05, 0) is 24.6 Å². The molecule has 0 bridgehead atoms. The topological polar surface area (TPSA) is 47.4 Å². The Kier molecular flexibility index (Phi) is 3.94. The number of aryl methyl sites for hydroxylation is 1. The van der Waals surface area contributed by atoms with Crippen LogP contribution in [0.3, 0.4) is 0 Å². The summed E-state index contributed by atoms with van der Waals surface area (Å²) in [6.45, 7) is 1.47. The highest BCUT2D eigenvalue weighted by Gasteiger charge is 2.57. The average molecular weight is 347 g/mol. The lowest BCUT2D eigenvalue weighted by atomic mass is 10.3. The second kappa shape index (κ2) is 6.13. The Hall–Kier alpha value is -2.44. The van der Waals surface area contributed by atoms with Gasteiger partial charge in [-0.3, -0.25) is 9.48 Å². The molecule has 25 heavy (non-hydrogen) atoms. The highest BCUT2D eigenvalue weighted by Crippen LogP contribution is 2.49. The number of amides is 1. The van der Waals surface area contributed by atoms with Gasteiger partial charge in [0.1, 0.15) is 23.7 Å². The second-order valence-corrected chi connectivity index (χ2v) is 6.61. The molecule has 1 fully saturated rings. The fourth-order valence-corrected chi connectivity index (χ4v) is 3.14. The van der Waals surface area contributed by atoms with E-state index in [9.17, 15) is 13.6 Å². The molecule has 0 radical (unpaired) electrons. The molecule has 7 heteroatoms. The van der Waals surface area contributed by atoms with Crippen molar-refractivity contribution in [2.75, 3.05) is 13.1 Å². The minimum atomic E-state index is -2.61. The lowest BCUT2D eigenvalue weighted by Gasteiger charge is -2.19. The largest absolute Gasteiger partial charge is 0.487 e. The van der Waals surface area contributed by atoms with Crippen LogP contribution in [0.4, 0.5) is 8.78 Å². The molecule has 1 aromatic heterocycles. The van der Waals surface area contributed by atoms with E-state index in [1.54, 1.807) is 10.7 Å². The molecule has 1 aliphatic carbocycles. The van der Waals surface area contributed by atoms with Gasteiger partial charge in [-0.2, -0.15) is 5.10 Å². The number of hydrogen-bond donors (Lipinski definition) is 0. The van der Waals surface area contributed by atoms with Crippen molar-refractivity contribution >= 4 is 5.91 Å². The van der Waals surface area contributed by atoms with Crippen molar-refractivity contribution in [3.8, 4) is 5.75 Å². The number of rotatable bonds is 5. The normalized spacial score (nSPS) is 21.6. The van der Waals surface area contributed by atoms with Crippen LogP contribution in [0.15, 0.2) is 36.4 Å². The Morgan fingerprint density at radius 2 is 2.00 bits per heavy atom. The van der Waals surface area contributed by atoms with E-state index in [0.29, 0.717) is 30.9 Å². The molecule has 2 aliphatic rings. The summed E-state index contributed by atoms with van der Waals surface area (Å²) >= 11 is 0. The summed E-state index contributed by atoms with van der Waals surface area (Å²) in [5, 5.41) is 4.43. The smallest absolute Gasteiger partial charge is 0.272 e. The van der Waals surface area contributed by atoms with Gasteiger partial charge in [-0.1, -0.05) is 18.2 Å². The van der Waals surface area contributed by atoms with Gasteiger partial charge in [0.2, 0.25) is 0 Å². The number of alkyl halides is 2. The van der Waals surface area contributed by atoms with E-state index < -0.39 is 11.8 Å². The Bertz CT molecular complexity index is 776. The standard InChI is InChI=1S/C18H19F2N3O2/c19-18(20)10-13(18)11-22-7-4-8-23-16(17(22)24)9-14(21-23)12-25-15-5-2-1-3-6-15/h1-3,5-6,9,13H,4,7-8,10-12H2. The maximum absolute atomic E-state index is 13.2. The minimum absolute atomic E-state index is 0.118. The lowest BCUT2D eigenvalue weighted by Crippen LogP contribution is -2.33. The summed E-state index contributed by atoms with van der Waals surface area (Å²) < 4.78 is 33.7. The zero-order chi connectivity index (χ0) is 17.4. The molecular weight excluding hydrogens is 328 g/mol. The molecule has 0 saturated heterocycles. The molecule has 5 nitrogen and oxygen atoms in total. The fraction of sp³-hybridized carbons (Fsp3) is 0.444. The molecule has 1 atom stereocenters. The molecule has 2 heterocycles. The van der Waals surface area contributed by atoms with Crippen molar-refractivity contribution in [3.63, 3.8) is 0 Å². The van der Waals surface area contributed by atoms with E-state index in [0.717, 1.165) is 5.75 Å². The van der Waals surface area contributed by atoms with Crippen LogP contribution in [-0.4, -0.2) is 39.6 Å². The minimum Gasteiger partial charge on any atom is -0.487 e. The zero-order valence-electron chi connectivity index (χ0n) is 13.7. The Morgan fingerprint density at radius 3 is 2.72 bits per heavy atom. The van der Waals surface area contributed by atoms with Crippen molar-refractivity contribution < 1.29 is 18.3 Å². The summed E-state index contributed by atoms with van der Waals surface area (Å²) in [5.74, 6) is -2.80. The monoisotopic (exact) mass is 347 g/mol. The Morgan fingerprint density at radius 1 is 1.24 bits per heavy atom. The summed E-state index contributed by atoms with van der Waals surface area (Å²) in [6.07, 6.45) is 0.587. The molecule has 1 unspecified atom stereocenters. The molecule has 2 aromatic rings. The van der Waals surface area contributed by atoms with Gasteiger partial charge in [0.15, 0.2) is 0 Å². The highest BCUT2D eigenvalue weighted by molar-refractivity contribution is 5.93. The Balaban J connectivity index is 1.45. The first-order chi connectivity index (χ1) is 12.0. The van der Waals surface area contributed by atoms with Crippen molar-refractivity contribution in [2.45, 2.75) is 31.9 Å². The lowest BCUT2D eigenvalue weighted by molar-refractivity contribution is 0.0660. The summed E-state index contributed by atoms with van der Waals surface area (Å²) in [4.78, 5) is 14.2. The van der Waals surface area contributed by atoms with Crippen molar-refractivity contribution in [1.29, 1.82) is 0 Å². The molecule has 1 aromatic carbocycles. The number of fused-ring (bicyclic) bond motifs is 1. The third kappa shape index (κ3) is 3.36. The molecule has 0 spiro atoms. The number of benzene rings is 1. The predicted molar refractivity (Wildman–Crippen MR) is 86.6 cm³/mol. The number of carbonyl (C=O) groups excluding carboxylic acids is 1. The quantitative estimate of drug-likeness (QED) is 0.835. The number of carbonyl (C=O) groups is 1.